The first-order chi connectivity index (χ1) is 9.29. The smallest absolute Gasteiger partial charge is 0.262 e. The van der Waals surface area contributed by atoms with E-state index in [-0.39, 0.29) is 0 Å². The van der Waals surface area contributed by atoms with Crippen molar-refractivity contribution in [3.05, 3.63) is 57.6 Å². The molecule has 0 atom stereocenters. The second kappa shape index (κ2) is 5.58. The molecule has 20 heavy (non-hydrogen) atoms. The van der Waals surface area contributed by atoms with E-state index in [4.69, 9.17) is 0 Å². The maximum Gasteiger partial charge on any atom is 0.262 e. The number of aryl methyl sites for hydroxylation is 3. The first-order valence-corrected chi connectivity index (χ1v) is 8.43. The normalized spacial score (nSPS) is 11.4. The van der Waals surface area contributed by atoms with E-state index in [1.807, 2.05) is 38.1 Å². The molecule has 1 N–H and O–H groups in total. The van der Waals surface area contributed by atoms with Crippen LogP contribution in [0.4, 0.5) is 5.69 Å². The van der Waals surface area contributed by atoms with Crippen molar-refractivity contribution in [3.63, 3.8) is 0 Å². The average molecular weight is 354 g/mol. The molecular weight excluding hydrogens is 338 g/mol. The second-order valence-corrected chi connectivity index (χ2v) is 7.36. The molecule has 0 bridgehead atoms. The third-order valence-electron chi connectivity index (χ3n) is 3.00. The molecule has 0 unspecified atom stereocenters. The van der Waals surface area contributed by atoms with E-state index in [0.717, 1.165) is 21.2 Å². The molecule has 0 saturated heterocycles. The Balaban J connectivity index is 2.46. The van der Waals surface area contributed by atoms with Crippen LogP contribution in [-0.2, 0) is 10.0 Å². The van der Waals surface area contributed by atoms with Crippen LogP contribution < -0.4 is 4.72 Å². The fourth-order valence-corrected chi connectivity index (χ4v) is 3.79. The Hall–Kier alpha value is -1.33. The third-order valence-corrected chi connectivity index (χ3v) is 5.20. The molecule has 2 aromatic carbocycles. The summed E-state index contributed by atoms with van der Waals surface area (Å²) in [5.41, 5.74) is 3.18. The van der Waals surface area contributed by atoms with Gasteiger partial charge in [-0.25, -0.2) is 8.42 Å². The van der Waals surface area contributed by atoms with Gasteiger partial charge in [0.05, 0.1) is 10.6 Å². The highest BCUT2D eigenvalue weighted by Crippen LogP contribution is 2.27. The first kappa shape index (κ1) is 15.1. The molecule has 0 saturated carbocycles. The van der Waals surface area contributed by atoms with Gasteiger partial charge in [-0.3, -0.25) is 4.72 Å². The van der Waals surface area contributed by atoms with Crippen LogP contribution in [0.15, 0.2) is 45.8 Å². The largest absolute Gasteiger partial charge is 0.278 e. The molecule has 5 heteroatoms. The molecule has 0 amide bonds. The van der Waals surface area contributed by atoms with E-state index in [9.17, 15) is 8.42 Å². The van der Waals surface area contributed by atoms with E-state index in [0.29, 0.717) is 10.6 Å². The lowest BCUT2D eigenvalue weighted by molar-refractivity contribution is 0.600. The van der Waals surface area contributed by atoms with E-state index < -0.39 is 10.0 Å². The highest BCUT2D eigenvalue weighted by molar-refractivity contribution is 9.10. The molecule has 0 aliphatic rings. The molecule has 0 aliphatic carbocycles. The molecule has 2 rings (SSSR count). The predicted molar refractivity (Wildman–Crippen MR) is 85.6 cm³/mol. The van der Waals surface area contributed by atoms with Crippen LogP contribution in [-0.4, -0.2) is 8.42 Å². The van der Waals surface area contributed by atoms with Crippen LogP contribution in [0.1, 0.15) is 16.7 Å². The second-order valence-electron chi connectivity index (χ2n) is 4.86. The average Bonchev–Trinajstić information content (AvgIpc) is 2.36. The third kappa shape index (κ3) is 3.22. The molecule has 0 radical (unpaired) electrons. The van der Waals surface area contributed by atoms with Crippen molar-refractivity contribution in [2.75, 3.05) is 4.72 Å². The van der Waals surface area contributed by atoms with Gasteiger partial charge in [-0.15, -0.1) is 0 Å². The SMILES string of the molecule is Cc1ccc(Br)c(NS(=O)(=O)c2cc(C)ccc2C)c1. The van der Waals surface area contributed by atoms with Gasteiger partial charge in [-0.05, 0) is 71.6 Å². The Labute approximate surface area is 128 Å². The Morgan fingerprint density at radius 2 is 1.55 bits per heavy atom. The number of benzene rings is 2. The highest BCUT2D eigenvalue weighted by atomic mass is 79.9. The summed E-state index contributed by atoms with van der Waals surface area (Å²) in [6.07, 6.45) is 0. The lowest BCUT2D eigenvalue weighted by Crippen LogP contribution is -2.15. The summed E-state index contributed by atoms with van der Waals surface area (Å²) < 4.78 is 28.4. The van der Waals surface area contributed by atoms with E-state index in [2.05, 4.69) is 20.7 Å². The minimum Gasteiger partial charge on any atom is -0.278 e. The lowest BCUT2D eigenvalue weighted by atomic mass is 10.2. The summed E-state index contributed by atoms with van der Waals surface area (Å²) in [5, 5.41) is 0. The van der Waals surface area contributed by atoms with Crippen molar-refractivity contribution in [2.24, 2.45) is 0 Å². The van der Waals surface area contributed by atoms with Crippen molar-refractivity contribution >= 4 is 31.6 Å². The maximum atomic E-state index is 12.5. The molecule has 0 spiro atoms. The van der Waals surface area contributed by atoms with E-state index >= 15 is 0 Å². The summed E-state index contributed by atoms with van der Waals surface area (Å²) in [6.45, 7) is 5.59. The number of hydrogen-bond acceptors (Lipinski definition) is 2. The van der Waals surface area contributed by atoms with E-state index in [1.165, 1.54) is 0 Å². The standard InChI is InChI=1S/C15H16BrNO2S/c1-10-5-7-13(16)14(8-10)17-20(18,19)15-9-11(2)4-6-12(15)3/h4-9,17H,1-3H3. The van der Waals surface area contributed by atoms with Gasteiger partial charge in [-0.1, -0.05) is 18.2 Å². The van der Waals surface area contributed by atoms with Gasteiger partial charge in [0.1, 0.15) is 0 Å². The lowest BCUT2D eigenvalue weighted by Gasteiger charge is -2.13. The van der Waals surface area contributed by atoms with E-state index in [1.54, 1.807) is 19.1 Å². The molecule has 0 aliphatic heterocycles. The van der Waals surface area contributed by atoms with Crippen molar-refractivity contribution in [1.82, 2.24) is 0 Å². The summed E-state index contributed by atoms with van der Waals surface area (Å²) in [6, 6.07) is 10.9. The fourth-order valence-electron chi connectivity index (χ4n) is 1.91. The number of nitrogens with one attached hydrogen (secondary N) is 1. The molecule has 0 aromatic heterocycles. The number of rotatable bonds is 3. The Morgan fingerprint density at radius 3 is 2.25 bits per heavy atom. The zero-order valence-electron chi connectivity index (χ0n) is 11.6. The fraction of sp³-hybridized carbons (Fsp3) is 0.200. The van der Waals surface area contributed by atoms with Gasteiger partial charge in [0.15, 0.2) is 0 Å². The molecule has 106 valence electrons. The Kier molecular flexibility index (Phi) is 4.20. The van der Waals surface area contributed by atoms with Gasteiger partial charge < -0.3 is 0 Å². The Bertz CT molecular complexity index is 754. The van der Waals surface area contributed by atoms with Crippen LogP contribution in [0.25, 0.3) is 0 Å². The minimum atomic E-state index is -3.59. The predicted octanol–water partition coefficient (Wildman–Crippen LogP) is 4.18. The molecule has 0 heterocycles. The van der Waals surface area contributed by atoms with Crippen molar-refractivity contribution in [1.29, 1.82) is 0 Å². The van der Waals surface area contributed by atoms with Gasteiger partial charge in [0.25, 0.3) is 10.0 Å². The van der Waals surface area contributed by atoms with Gasteiger partial charge in [-0.2, -0.15) is 0 Å². The van der Waals surface area contributed by atoms with Crippen LogP contribution in [0.2, 0.25) is 0 Å². The minimum absolute atomic E-state index is 0.311. The van der Waals surface area contributed by atoms with Crippen molar-refractivity contribution < 1.29 is 8.42 Å². The maximum absolute atomic E-state index is 12.5. The summed E-state index contributed by atoms with van der Waals surface area (Å²) in [7, 11) is -3.59. The zero-order chi connectivity index (χ0) is 14.9. The van der Waals surface area contributed by atoms with Crippen molar-refractivity contribution in [3.8, 4) is 0 Å². The quantitative estimate of drug-likeness (QED) is 0.899. The van der Waals surface area contributed by atoms with Crippen LogP contribution in [0.5, 0.6) is 0 Å². The summed E-state index contributed by atoms with van der Waals surface area (Å²) in [4.78, 5) is 0.311. The van der Waals surface area contributed by atoms with Gasteiger partial charge in [0, 0.05) is 4.47 Å². The number of halogens is 1. The monoisotopic (exact) mass is 353 g/mol. The highest BCUT2D eigenvalue weighted by Gasteiger charge is 2.18. The number of anilines is 1. The van der Waals surface area contributed by atoms with Crippen LogP contribution in [0.3, 0.4) is 0 Å². The zero-order valence-corrected chi connectivity index (χ0v) is 14.0. The first-order valence-electron chi connectivity index (χ1n) is 6.16. The molecule has 0 fully saturated rings. The Morgan fingerprint density at radius 1 is 0.950 bits per heavy atom. The van der Waals surface area contributed by atoms with Crippen LogP contribution in [0, 0.1) is 20.8 Å². The topological polar surface area (TPSA) is 46.2 Å². The van der Waals surface area contributed by atoms with Gasteiger partial charge in [0.2, 0.25) is 0 Å². The number of hydrogen-bond donors (Lipinski definition) is 1. The summed E-state index contributed by atoms with van der Waals surface area (Å²) >= 11 is 3.36. The molecular formula is C15H16BrNO2S. The number of sulfonamides is 1. The molecule has 2 aromatic rings. The van der Waals surface area contributed by atoms with Crippen LogP contribution >= 0.6 is 15.9 Å². The van der Waals surface area contributed by atoms with Gasteiger partial charge >= 0.3 is 0 Å². The van der Waals surface area contributed by atoms with Crippen molar-refractivity contribution in [2.45, 2.75) is 25.7 Å². The summed E-state index contributed by atoms with van der Waals surface area (Å²) in [5.74, 6) is 0. The molecule has 3 nitrogen and oxygen atoms in total.